The predicted octanol–water partition coefficient (Wildman–Crippen LogP) is 17.4. The van der Waals surface area contributed by atoms with E-state index in [1.54, 1.807) is 47.1 Å². The maximum atomic E-state index is 13.3. The topological polar surface area (TPSA) is 149 Å². The molecule has 0 aromatic heterocycles. The zero-order valence-electron chi connectivity index (χ0n) is 48.9. The molecular weight excluding hydrogens is 1250 g/mol. The SMILES string of the molecule is Cc1cc(CO[C@H]2CCCN(CC(=O)O)[C@H]2c2ccccc2)cc(C(F)(F)F)c1.Cc1cc(CO[C@H]2CCCN(CC(=O)O)[C@H]2c2ccccc2)cc(S(F)(F)(F)(F)F)c1.O=C(O)CN1CCC[C@H](OCc2cccc(S(F)(F)(F)(F)F)c2)[C@@H]1c1ccccc1. The summed E-state index contributed by atoms with van der Waals surface area (Å²) < 4.78 is 189. The minimum Gasteiger partial charge on any atom is -0.480 e. The summed E-state index contributed by atoms with van der Waals surface area (Å²) in [6, 6.07) is 35.8. The molecule has 3 saturated heterocycles. The number of alkyl halides is 3. The first kappa shape index (κ1) is 70.7. The molecular formula is C63H70F13N3O9S2. The highest BCUT2D eigenvalue weighted by Crippen LogP contribution is 3.02. The molecule has 0 radical (unpaired) electrons. The third-order valence-corrected chi connectivity index (χ3v) is 17.5. The van der Waals surface area contributed by atoms with Gasteiger partial charge in [0.25, 0.3) is 0 Å². The van der Waals surface area contributed by atoms with Crippen LogP contribution in [0.3, 0.4) is 0 Å². The number of carboxylic acid groups (broad SMARTS) is 3. The number of halogens is 13. The van der Waals surface area contributed by atoms with Gasteiger partial charge in [0.05, 0.1) is 81.5 Å². The summed E-state index contributed by atoms with van der Waals surface area (Å²) in [7, 11) is -19.6. The van der Waals surface area contributed by atoms with E-state index in [2.05, 4.69) is 0 Å². The number of aliphatic carboxylic acids is 3. The van der Waals surface area contributed by atoms with Crippen LogP contribution in [0, 0.1) is 13.8 Å². The molecule has 3 aliphatic rings. The Kier molecular flexibility index (Phi) is 21.4. The lowest BCUT2D eigenvalue weighted by molar-refractivity contribution is -0.142. The second-order valence-corrected chi connectivity index (χ2v) is 27.4. The Morgan fingerprint density at radius 2 is 0.767 bits per heavy atom. The van der Waals surface area contributed by atoms with Crippen LogP contribution < -0.4 is 0 Å². The molecule has 27 heteroatoms. The van der Waals surface area contributed by atoms with Gasteiger partial charge in [0.1, 0.15) is 9.79 Å². The molecule has 9 rings (SSSR count). The van der Waals surface area contributed by atoms with Crippen LogP contribution in [0.25, 0.3) is 0 Å². The minimum atomic E-state index is -9.81. The second-order valence-electron chi connectivity index (χ2n) is 22.6. The van der Waals surface area contributed by atoms with E-state index in [1.165, 1.54) is 19.1 Å². The molecule has 6 aromatic rings. The number of ether oxygens (including phenoxy) is 3. The summed E-state index contributed by atoms with van der Waals surface area (Å²) in [5.74, 6) is -2.92. The number of rotatable bonds is 20. The van der Waals surface area contributed by atoms with Crippen LogP contribution in [0.2, 0.25) is 0 Å². The molecule has 0 unspecified atom stereocenters. The highest BCUT2D eigenvalue weighted by atomic mass is 32.5. The van der Waals surface area contributed by atoms with Gasteiger partial charge in [-0.3, -0.25) is 29.1 Å². The first-order chi connectivity index (χ1) is 41.8. The van der Waals surface area contributed by atoms with Gasteiger partial charge in [-0.25, -0.2) is 0 Å². The fourth-order valence-electron chi connectivity index (χ4n) is 11.6. The smallest absolute Gasteiger partial charge is 0.416 e. The van der Waals surface area contributed by atoms with Crippen molar-refractivity contribution in [1.29, 1.82) is 0 Å². The molecule has 3 aliphatic heterocycles. The van der Waals surface area contributed by atoms with Crippen LogP contribution in [0.4, 0.5) is 52.0 Å². The summed E-state index contributed by atoms with van der Waals surface area (Å²) in [6.07, 6.45) is -1.80. The van der Waals surface area contributed by atoms with Gasteiger partial charge < -0.3 is 29.5 Å². The number of carbonyl (C=O) groups is 3. The van der Waals surface area contributed by atoms with Crippen molar-refractivity contribution in [2.75, 3.05) is 39.3 Å². The van der Waals surface area contributed by atoms with Crippen molar-refractivity contribution >= 4 is 38.4 Å². The Balaban J connectivity index is 0.000000192. The Morgan fingerprint density at radius 3 is 1.11 bits per heavy atom. The van der Waals surface area contributed by atoms with E-state index in [9.17, 15) is 81.7 Å². The molecule has 6 atom stereocenters. The third kappa shape index (κ3) is 20.9. The normalized spacial score (nSPS) is 22.0. The van der Waals surface area contributed by atoms with Gasteiger partial charge in [-0.1, -0.05) is 160 Å². The molecule has 6 aromatic carbocycles. The van der Waals surface area contributed by atoms with E-state index in [-0.39, 0.29) is 68.3 Å². The molecule has 12 nitrogen and oxygen atoms in total. The summed E-state index contributed by atoms with van der Waals surface area (Å²) in [6.45, 7) is 3.57. The fourth-order valence-corrected chi connectivity index (χ4v) is 13.1. The molecule has 0 aliphatic carbocycles. The molecule has 3 N–H and O–H groups in total. The monoisotopic (exact) mass is 1320 g/mol. The molecule has 3 fully saturated rings. The number of hydrogen-bond acceptors (Lipinski definition) is 9. The molecule has 90 heavy (non-hydrogen) atoms. The maximum Gasteiger partial charge on any atom is 0.416 e. The zero-order valence-corrected chi connectivity index (χ0v) is 50.5. The van der Waals surface area contributed by atoms with Gasteiger partial charge in [0.15, 0.2) is 0 Å². The number of carboxylic acids is 3. The minimum absolute atomic E-state index is 0.00887. The van der Waals surface area contributed by atoms with Crippen molar-refractivity contribution in [3.05, 3.63) is 202 Å². The van der Waals surface area contributed by atoms with E-state index in [4.69, 9.17) is 14.2 Å². The van der Waals surface area contributed by atoms with Crippen molar-refractivity contribution in [1.82, 2.24) is 14.7 Å². The van der Waals surface area contributed by atoms with Crippen LogP contribution in [0.15, 0.2) is 161 Å². The highest BCUT2D eigenvalue weighted by molar-refractivity contribution is 8.46. The molecule has 0 bridgehead atoms. The average molecular weight is 1320 g/mol. The number of piperidine rings is 3. The highest BCUT2D eigenvalue weighted by Gasteiger charge is 2.66. The summed E-state index contributed by atoms with van der Waals surface area (Å²) in [5.41, 5.74) is 2.90. The van der Waals surface area contributed by atoms with Gasteiger partial charge in [-0.15, -0.1) is 0 Å². The lowest BCUT2D eigenvalue weighted by Gasteiger charge is -2.41. The van der Waals surface area contributed by atoms with Crippen molar-refractivity contribution in [3.63, 3.8) is 0 Å². The summed E-state index contributed by atoms with van der Waals surface area (Å²) in [4.78, 5) is 35.4. The Bertz CT molecular complexity index is 3420. The molecule has 0 spiro atoms. The van der Waals surface area contributed by atoms with Gasteiger partial charge in [0, 0.05) is 0 Å². The van der Waals surface area contributed by atoms with Crippen LogP contribution in [-0.2, 0) is 54.6 Å². The van der Waals surface area contributed by atoms with Gasteiger partial charge in [-0.2, -0.15) is 13.2 Å². The third-order valence-electron chi connectivity index (χ3n) is 15.2. The Morgan fingerprint density at radius 1 is 0.433 bits per heavy atom. The van der Waals surface area contributed by atoms with Crippen molar-refractivity contribution < 1.29 is 95.9 Å². The summed E-state index contributed by atoms with van der Waals surface area (Å²) >= 11 is 0. The summed E-state index contributed by atoms with van der Waals surface area (Å²) in [5, 5.41) is 27.7. The number of aryl methyl sites for hydroxylation is 2. The zero-order chi connectivity index (χ0) is 66.0. The van der Waals surface area contributed by atoms with Crippen molar-refractivity contribution in [3.8, 4) is 0 Å². The van der Waals surface area contributed by atoms with Crippen molar-refractivity contribution in [2.45, 2.75) is 125 Å². The van der Waals surface area contributed by atoms with Crippen LogP contribution in [0.5, 0.6) is 0 Å². The standard InChI is InChI=1S/C22H24F3NO3.C21H24F5NO3S.C20H22F5NO3S/c1-15-10-16(12-18(11-15)22(23,24)25)14-29-19-8-5-9-26(13-20(27)28)21(19)17-6-3-2-4-7-17;1-15-10-16(12-18(11-15)31(22,23,24,25)26)14-30-19-8-5-9-27(13-20(28)29)21(19)17-6-3-2-4-7-17;21-30(22,23,24,25)17-9-4-6-15(12-17)14-29-18-10-5-11-26(13-19(27)28)20(18)16-7-2-1-3-8-16/h2-4,6-7,10-12,19,21H,5,8-9,13-14H2,1H3,(H,27,28);2-4,6-7,10-12,19,21H,5,8-9,13-14H2,1H3,(H,28,29);1-4,6-9,12,18,20H,5,10-11,13-14H2,(H,27,28)/t2*19-,21-;18-,20-/m000/s1. The lowest BCUT2D eigenvalue weighted by atomic mass is 9.92. The van der Waals surface area contributed by atoms with Gasteiger partial charge >= 0.3 is 44.5 Å². The first-order valence-electron chi connectivity index (χ1n) is 28.5. The quantitative estimate of drug-likeness (QED) is 0.0625. The molecule has 3 heterocycles. The lowest BCUT2D eigenvalue weighted by Crippen LogP contribution is -2.45. The van der Waals surface area contributed by atoms with Gasteiger partial charge in [0.2, 0.25) is 0 Å². The Labute approximate surface area is 512 Å². The van der Waals surface area contributed by atoms with Crippen LogP contribution in [-0.4, -0.2) is 106 Å². The largest absolute Gasteiger partial charge is 0.480 e. The van der Waals surface area contributed by atoms with E-state index in [0.29, 0.717) is 87.1 Å². The number of nitrogens with zero attached hydrogens (tertiary/aromatic N) is 3. The number of benzene rings is 6. The van der Waals surface area contributed by atoms with E-state index in [0.717, 1.165) is 41.3 Å². The maximum absolute atomic E-state index is 13.3. The van der Waals surface area contributed by atoms with E-state index in [1.807, 2.05) is 71.6 Å². The van der Waals surface area contributed by atoms with Crippen molar-refractivity contribution in [2.24, 2.45) is 0 Å². The van der Waals surface area contributed by atoms with E-state index >= 15 is 0 Å². The van der Waals surface area contributed by atoms with Crippen LogP contribution >= 0.6 is 20.4 Å². The van der Waals surface area contributed by atoms with E-state index < -0.39 is 84.2 Å². The van der Waals surface area contributed by atoms with Crippen LogP contribution in [0.1, 0.15) is 107 Å². The molecule has 494 valence electrons. The second kappa shape index (κ2) is 27.2. The average Bonchev–Trinajstić information content (AvgIpc) is 0.807. The molecule has 0 saturated carbocycles. The van der Waals surface area contributed by atoms with Gasteiger partial charge in [-0.05, 0) is 147 Å². The number of hydrogen-bond donors (Lipinski definition) is 3. The fraction of sp³-hybridized carbons (Fsp3) is 0.381. The first-order valence-corrected chi connectivity index (χ1v) is 32.4. The number of likely N-dealkylation sites (tertiary alicyclic amines) is 3. The Hall–Kier alpha value is -6.72. The molecule has 0 amide bonds. The predicted molar refractivity (Wildman–Crippen MR) is 315 cm³/mol.